The quantitative estimate of drug-likeness (QED) is 0.806. The van der Waals surface area contributed by atoms with Crippen LogP contribution in [0.5, 0.6) is 0 Å². The average Bonchev–Trinajstić information content (AvgIpc) is 3.04. The van der Waals surface area contributed by atoms with Crippen LogP contribution in [0, 0.1) is 11.6 Å². The van der Waals surface area contributed by atoms with E-state index < -0.39 is 23.6 Å². The number of amides is 2. The van der Waals surface area contributed by atoms with Crippen LogP contribution in [0.25, 0.3) is 11.1 Å². The van der Waals surface area contributed by atoms with Gasteiger partial charge in [0.05, 0.1) is 5.69 Å². The van der Waals surface area contributed by atoms with E-state index in [0.717, 1.165) is 0 Å². The molecular formula is C21H24F2N4O2. The summed E-state index contributed by atoms with van der Waals surface area (Å²) in [5, 5.41) is 2.66. The first-order chi connectivity index (χ1) is 13.8. The second-order valence-electron chi connectivity index (χ2n) is 7.18. The first kappa shape index (κ1) is 20.7. The predicted molar refractivity (Wildman–Crippen MR) is 108 cm³/mol. The van der Waals surface area contributed by atoms with Gasteiger partial charge < -0.3 is 15.1 Å². The van der Waals surface area contributed by atoms with Crippen LogP contribution in [0.1, 0.15) is 26.2 Å². The molecule has 1 aromatic heterocycles. The summed E-state index contributed by atoms with van der Waals surface area (Å²) in [5.41, 5.74) is 0.402. The number of hydrogen-bond donors (Lipinski definition) is 1. The smallest absolute Gasteiger partial charge is 0.249 e. The summed E-state index contributed by atoms with van der Waals surface area (Å²) in [5.74, 6) is -2.28. The second-order valence-corrected chi connectivity index (χ2v) is 7.18. The van der Waals surface area contributed by atoms with E-state index in [0.29, 0.717) is 30.6 Å². The number of rotatable bonds is 6. The summed E-state index contributed by atoms with van der Waals surface area (Å²) in [6, 6.07) is 5.46. The van der Waals surface area contributed by atoms with Crippen molar-refractivity contribution < 1.29 is 18.4 Å². The Hall–Kier alpha value is -3.03. The Bertz CT molecular complexity index is 933. The average molecular weight is 402 g/mol. The van der Waals surface area contributed by atoms with Crippen molar-refractivity contribution in [1.29, 1.82) is 0 Å². The Labute approximate surface area is 168 Å². The molecule has 1 aromatic carbocycles. The van der Waals surface area contributed by atoms with Crippen molar-refractivity contribution in [2.24, 2.45) is 0 Å². The first-order valence-electron chi connectivity index (χ1n) is 9.56. The van der Waals surface area contributed by atoms with Gasteiger partial charge in [-0.3, -0.25) is 9.59 Å². The number of halogens is 2. The predicted octanol–water partition coefficient (Wildman–Crippen LogP) is 3.11. The van der Waals surface area contributed by atoms with Crippen LogP contribution >= 0.6 is 0 Å². The molecule has 0 saturated carbocycles. The summed E-state index contributed by atoms with van der Waals surface area (Å²) in [6.07, 6.45) is 2.92. The van der Waals surface area contributed by atoms with Gasteiger partial charge in [-0.25, -0.2) is 13.8 Å². The normalized spacial score (nSPS) is 16.2. The van der Waals surface area contributed by atoms with E-state index >= 15 is 0 Å². The van der Waals surface area contributed by atoms with E-state index in [2.05, 4.69) is 10.3 Å². The molecule has 3 rings (SSSR count). The lowest BCUT2D eigenvalue weighted by Crippen LogP contribution is -2.41. The topological polar surface area (TPSA) is 65.5 Å². The highest BCUT2D eigenvalue weighted by Crippen LogP contribution is 2.35. The highest BCUT2D eigenvalue weighted by molar-refractivity contribution is 6.01. The van der Waals surface area contributed by atoms with Crippen LogP contribution < -0.4 is 15.1 Å². The Morgan fingerprint density at radius 2 is 2.00 bits per heavy atom. The number of nitrogens with one attached hydrogen (secondary N) is 1. The van der Waals surface area contributed by atoms with Gasteiger partial charge >= 0.3 is 0 Å². The van der Waals surface area contributed by atoms with Gasteiger partial charge in [-0.1, -0.05) is 6.92 Å². The lowest BCUT2D eigenvalue weighted by Gasteiger charge is -2.20. The standard InChI is InChI=1S/C21H24F2N4O2/c1-4-6-17(28)25-15-10-12-27(21(15)29)16-9-8-13(18(22)19(16)23)14-7-5-11-24-20(14)26(2)3/h5,7-9,11,15H,4,6,10,12H2,1-3H3,(H,25,28). The third-order valence-corrected chi connectivity index (χ3v) is 4.87. The number of nitrogens with zero attached hydrogens (tertiary/aromatic N) is 3. The SMILES string of the molecule is CCCC(=O)NC1CCN(c2ccc(-c3cccnc3N(C)C)c(F)c2F)C1=O. The molecule has 1 unspecified atom stereocenters. The van der Waals surface area contributed by atoms with Gasteiger partial charge in [0, 0.05) is 44.4 Å². The van der Waals surface area contributed by atoms with Gasteiger partial charge in [0.2, 0.25) is 11.8 Å². The fourth-order valence-corrected chi connectivity index (χ4v) is 3.47. The fraction of sp³-hybridized carbons (Fsp3) is 0.381. The molecule has 2 amide bonds. The fourth-order valence-electron chi connectivity index (χ4n) is 3.47. The van der Waals surface area contributed by atoms with Crippen molar-refractivity contribution in [1.82, 2.24) is 10.3 Å². The van der Waals surface area contributed by atoms with Crippen LogP contribution in [0.15, 0.2) is 30.5 Å². The Balaban J connectivity index is 1.90. The van der Waals surface area contributed by atoms with Crippen LogP contribution in [-0.4, -0.2) is 43.5 Å². The summed E-state index contributed by atoms with van der Waals surface area (Å²) >= 11 is 0. The molecule has 1 aliphatic heterocycles. The van der Waals surface area contributed by atoms with Crippen molar-refractivity contribution in [2.75, 3.05) is 30.4 Å². The Morgan fingerprint density at radius 1 is 1.24 bits per heavy atom. The number of carbonyl (C=O) groups is 2. The maximum atomic E-state index is 15.0. The van der Waals surface area contributed by atoms with E-state index in [9.17, 15) is 18.4 Å². The maximum absolute atomic E-state index is 15.0. The number of benzene rings is 1. The number of carbonyl (C=O) groups excluding carboxylic acids is 2. The molecule has 1 N–H and O–H groups in total. The second kappa shape index (κ2) is 8.55. The van der Waals surface area contributed by atoms with E-state index in [1.54, 1.807) is 37.3 Å². The van der Waals surface area contributed by atoms with Crippen molar-refractivity contribution in [2.45, 2.75) is 32.2 Å². The minimum atomic E-state index is -1.09. The molecule has 8 heteroatoms. The Morgan fingerprint density at radius 3 is 2.69 bits per heavy atom. The molecule has 0 spiro atoms. The summed E-state index contributed by atoms with van der Waals surface area (Å²) in [6.45, 7) is 2.08. The van der Waals surface area contributed by atoms with Crippen LogP contribution in [0.3, 0.4) is 0 Å². The van der Waals surface area contributed by atoms with Gasteiger partial charge in [0.1, 0.15) is 11.9 Å². The molecule has 154 valence electrons. The molecule has 0 radical (unpaired) electrons. The molecule has 1 fully saturated rings. The largest absolute Gasteiger partial charge is 0.362 e. The minimum absolute atomic E-state index is 0.0718. The van der Waals surface area contributed by atoms with Crippen molar-refractivity contribution in [3.05, 3.63) is 42.1 Å². The van der Waals surface area contributed by atoms with Gasteiger partial charge in [-0.2, -0.15) is 0 Å². The van der Waals surface area contributed by atoms with Gasteiger partial charge in [0.15, 0.2) is 11.6 Å². The molecule has 2 heterocycles. The maximum Gasteiger partial charge on any atom is 0.249 e. The molecule has 2 aromatic rings. The molecule has 1 aliphatic rings. The van der Waals surface area contributed by atoms with Gasteiger partial charge in [-0.15, -0.1) is 0 Å². The monoisotopic (exact) mass is 402 g/mol. The third-order valence-electron chi connectivity index (χ3n) is 4.87. The first-order valence-corrected chi connectivity index (χ1v) is 9.56. The number of pyridine rings is 1. The lowest BCUT2D eigenvalue weighted by atomic mass is 10.0. The minimum Gasteiger partial charge on any atom is -0.362 e. The van der Waals surface area contributed by atoms with E-state index in [-0.39, 0.29) is 23.7 Å². The van der Waals surface area contributed by atoms with Gasteiger partial charge in [-0.05, 0) is 37.1 Å². The number of aromatic nitrogens is 1. The molecule has 29 heavy (non-hydrogen) atoms. The van der Waals surface area contributed by atoms with Crippen molar-refractivity contribution in [3.8, 4) is 11.1 Å². The van der Waals surface area contributed by atoms with Gasteiger partial charge in [0.25, 0.3) is 0 Å². The highest BCUT2D eigenvalue weighted by atomic mass is 19.2. The zero-order chi connectivity index (χ0) is 21.1. The summed E-state index contributed by atoms with van der Waals surface area (Å²) in [7, 11) is 3.54. The molecule has 0 bridgehead atoms. The molecule has 1 saturated heterocycles. The Kier molecular flexibility index (Phi) is 6.10. The van der Waals surface area contributed by atoms with E-state index in [1.807, 2.05) is 6.92 Å². The zero-order valence-electron chi connectivity index (χ0n) is 16.7. The van der Waals surface area contributed by atoms with E-state index in [4.69, 9.17) is 0 Å². The summed E-state index contributed by atoms with van der Waals surface area (Å²) in [4.78, 5) is 31.5. The zero-order valence-corrected chi connectivity index (χ0v) is 16.7. The molecule has 6 nitrogen and oxygen atoms in total. The third kappa shape index (κ3) is 4.06. The van der Waals surface area contributed by atoms with Crippen molar-refractivity contribution in [3.63, 3.8) is 0 Å². The van der Waals surface area contributed by atoms with Crippen LogP contribution in [-0.2, 0) is 9.59 Å². The molecular weight excluding hydrogens is 378 g/mol. The van der Waals surface area contributed by atoms with Crippen molar-refractivity contribution >= 4 is 23.3 Å². The van der Waals surface area contributed by atoms with Crippen LogP contribution in [0.2, 0.25) is 0 Å². The number of anilines is 2. The summed E-state index contributed by atoms with van der Waals surface area (Å²) < 4.78 is 29.9. The lowest BCUT2D eigenvalue weighted by molar-refractivity contribution is -0.126. The highest BCUT2D eigenvalue weighted by Gasteiger charge is 2.35. The van der Waals surface area contributed by atoms with Crippen LogP contribution in [0.4, 0.5) is 20.3 Å². The molecule has 0 aliphatic carbocycles. The number of hydrogen-bond acceptors (Lipinski definition) is 4. The molecule has 1 atom stereocenters. The van der Waals surface area contributed by atoms with E-state index in [1.165, 1.54) is 17.0 Å².